The van der Waals surface area contributed by atoms with Crippen molar-refractivity contribution in [3.05, 3.63) is 68.1 Å². The molecule has 3 aliphatic heterocycles. The largest absolute Gasteiger partial charge is 0.493 e. The van der Waals surface area contributed by atoms with Gasteiger partial charge in [-0.15, -0.1) is 0 Å². The van der Waals surface area contributed by atoms with E-state index in [1.54, 1.807) is 31.4 Å². The number of hydrogen-bond acceptors (Lipinski definition) is 8. The molecule has 1 aromatic heterocycles. The van der Waals surface area contributed by atoms with Crippen LogP contribution in [0.2, 0.25) is 0 Å². The van der Waals surface area contributed by atoms with Crippen molar-refractivity contribution in [3.63, 3.8) is 0 Å². The summed E-state index contributed by atoms with van der Waals surface area (Å²) in [4.78, 5) is 58.1. The standard InChI is InChI=1S/C30H31N3O6S2/c1-17-7-10-19(11-8-17)33-27(35)24-23(18-9-12-20(38-2)21(15-18)39-3)26-29(40-25(24)28(33)36)32(30(37)41-26)16-22(34)31-13-5-4-6-14-31/h7-12,15,23-25H,4-6,13-14,16H2,1-3H3/t23-,24+,25-/m0/s1. The molecule has 0 radical (unpaired) electrons. The number of ether oxygens (including phenoxy) is 2. The van der Waals surface area contributed by atoms with Crippen LogP contribution in [0.4, 0.5) is 5.69 Å². The van der Waals surface area contributed by atoms with E-state index in [-0.39, 0.29) is 29.1 Å². The number of fused-ring (bicyclic) bond motifs is 2. The summed E-state index contributed by atoms with van der Waals surface area (Å²) >= 11 is 2.27. The number of hydrogen-bond donors (Lipinski definition) is 0. The van der Waals surface area contributed by atoms with Gasteiger partial charge < -0.3 is 14.4 Å². The molecule has 6 rings (SSSR count). The lowest BCUT2D eigenvalue weighted by atomic mass is 9.83. The van der Waals surface area contributed by atoms with Gasteiger partial charge >= 0.3 is 4.87 Å². The highest BCUT2D eigenvalue weighted by Crippen LogP contribution is 2.54. The first-order chi connectivity index (χ1) is 19.8. The van der Waals surface area contributed by atoms with Crippen LogP contribution in [0.5, 0.6) is 11.5 Å². The first-order valence-electron chi connectivity index (χ1n) is 13.7. The van der Waals surface area contributed by atoms with E-state index >= 15 is 0 Å². The normalized spacial score (nSPS) is 22.0. The Morgan fingerprint density at radius 2 is 1.63 bits per heavy atom. The number of aromatic nitrogens is 1. The van der Waals surface area contributed by atoms with Crippen molar-refractivity contribution in [3.8, 4) is 11.5 Å². The fourth-order valence-corrected chi connectivity index (χ4v) is 8.76. The first kappa shape index (κ1) is 27.6. The second kappa shape index (κ2) is 11.0. The number of thiazole rings is 1. The van der Waals surface area contributed by atoms with Crippen LogP contribution in [0, 0.1) is 12.8 Å². The molecule has 0 N–H and O–H groups in total. The van der Waals surface area contributed by atoms with Crippen molar-refractivity contribution >= 4 is 46.5 Å². The number of piperidine rings is 1. The Hall–Kier alpha value is -3.57. The molecule has 4 heterocycles. The zero-order chi connectivity index (χ0) is 28.8. The molecule has 0 saturated carbocycles. The Morgan fingerprint density at radius 3 is 2.32 bits per heavy atom. The quantitative estimate of drug-likeness (QED) is 0.398. The molecule has 214 valence electrons. The Kier molecular flexibility index (Phi) is 7.41. The molecular weight excluding hydrogens is 562 g/mol. The highest BCUT2D eigenvalue weighted by Gasteiger charge is 2.57. The van der Waals surface area contributed by atoms with Gasteiger partial charge in [0.15, 0.2) is 11.5 Å². The van der Waals surface area contributed by atoms with Crippen LogP contribution in [0.3, 0.4) is 0 Å². The lowest BCUT2D eigenvalue weighted by molar-refractivity contribution is -0.133. The number of thioether (sulfide) groups is 1. The number of anilines is 1. The molecular formula is C30H31N3O6S2. The van der Waals surface area contributed by atoms with Gasteiger partial charge in [-0.3, -0.25) is 23.7 Å². The number of imide groups is 1. The van der Waals surface area contributed by atoms with Gasteiger partial charge in [-0.2, -0.15) is 0 Å². The number of aryl methyl sites for hydroxylation is 1. The van der Waals surface area contributed by atoms with Crippen LogP contribution in [-0.4, -0.2) is 59.7 Å². The average molecular weight is 594 g/mol. The predicted octanol–water partition coefficient (Wildman–Crippen LogP) is 4.04. The molecule has 0 bridgehead atoms. The number of carbonyl (C=O) groups is 3. The molecule has 11 heteroatoms. The van der Waals surface area contributed by atoms with Gasteiger partial charge in [0.1, 0.15) is 11.8 Å². The number of rotatable bonds is 6. The molecule has 3 amide bonds. The maximum atomic E-state index is 14.1. The minimum Gasteiger partial charge on any atom is -0.493 e. The Balaban J connectivity index is 1.46. The average Bonchev–Trinajstić information content (AvgIpc) is 3.43. The van der Waals surface area contributed by atoms with E-state index in [0.29, 0.717) is 40.2 Å². The van der Waals surface area contributed by atoms with E-state index in [1.165, 1.54) is 28.3 Å². The molecule has 2 aromatic carbocycles. The second-order valence-corrected chi connectivity index (χ2v) is 12.7. The monoisotopic (exact) mass is 593 g/mol. The number of carbonyl (C=O) groups excluding carboxylic acids is 3. The molecule has 3 aromatic rings. The first-order valence-corrected chi connectivity index (χ1v) is 15.4. The Bertz CT molecular complexity index is 1570. The fourth-order valence-electron chi connectivity index (χ4n) is 5.99. The van der Waals surface area contributed by atoms with Crippen molar-refractivity contribution in [2.75, 3.05) is 32.2 Å². The Labute approximate surface area is 246 Å². The lowest BCUT2D eigenvalue weighted by Gasteiger charge is -2.31. The van der Waals surface area contributed by atoms with E-state index in [9.17, 15) is 19.2 Å². The van der Waals surface area contributed by atoms with Gasteiger partial charge in [-0.1, -0.05) is 46.9 Å². The summed E-state index contributed by atoms with van der Waals surface area (Å²) in [6.07, 6.45) is 3.00. The summed E-state index contributed by atoms with van der Waals surface area (Å²) in [5.41, 5.74) is 2.28. The highest BCUT2D eigenvalue weighted by molar-refractivity contribution is 8.00. The maximum absolute atomic E-state index is 14.1. The third-order valence-corrected chi connectivity index (χ3v) is 10.7. The van der Waals surface area contributed by atoms with Crippen molar-refractivity contribution in [2.24, 2.45) is 5.92 Å². The smallest absolute Gasteiger partial charge is 0.308 e. The fraction of sp³-hybridized carbons (Fsp3) is 0.400. The van der Waals surface area contributed by atoms with Gasteiger partial charge in [0.05, 0.1) is 30.9 Å². The number of methoxy groups -OCH3 is 2. The maximum Gasteiger partial charge on any atom is 0.308 e. The third kappa shape index (κ3) is 4.74. The van der Waals surface area contributed by atoms with Gasteiger partial charge in [0.25, 0.3) is 0 Å². The van der Waals surface area contributed by atoms with Gasteiger partial charge in [0.2, 0.25) is 17.7 Å². The predicted molar refractivity (Wildman–Crippen MR) is 157 cm³/mol. The molecule has 0 aliphatic carbocycles. The molecule has 0 unspecified atom stereocenters. The molecule has 2 saturated heterocycles. The van der Waals surface area contributed by atoms with Crippen molar-refractivity contribution in [2.45, 2.75) is 48.9 Å². The summed E-state index contributed by atoms with van der Waals surface area (Å²) in [7, 11) is 3.09. The van der Waals surface area contributed by atoms with E-state index in [2.05, 4.69) is 0 Å². The van der Waals surface area contributed by atoms with E-state index in [4.69, 9.17) is 9.47 Å². The van der Waals surface area contributed by atoms with Crippen LogP contribution in [0.15, 0.2) is 52.3 Å². The zero-order valence-electron chi connectivity index (χ0n) is 23.1. The van der Waals surface area contributed by atoms with Crippen molar-refractivity contribution < 1.29 is 23.9 Å². The van der Waals surface area contributed by atoms with Crippen LogP contribution < -0.4 is 19.2 Å². The highest BCUT2D eigenvalue weighted by atomic mass is 32.2. The van der Waals surface area contributed by atoms with E-state index in [1.807, 2.05) is 30.0 Å². The van der Waals surface area contributed by atoms with Crippen LogP contribution >= 0.6 is 23.1 Å². The summed E-state index contributed by atoms with van der Waals surface area (Å²) in [6.45, 7) is 3.23. The number of nitrogens with zero attached hydrogens (tertiary/aromatic N) is 3. The van der Waals surface area contributed by atoms with Gasteiger partial charge in [-0.05, 0) is 56.0 Å². The van der Waals surface area contributed by atoms with E-state index < -0.39 is 17.1 Å². The molecule has 41 heavy (non-hydrogen) atoms. The van der Waals surface area contributed by atoms with Gasteiger partial charge in [0, 0.05) is 23.9 Å². The number of likely N-dealkylation sites (tertiary alicyclic amines) is 1. The summed E-state index contributed by atoms with van der Waals surface area (Å²) in [5, 5.41) is -0.168. The summed E-state index contributed by atoms with van der Waals surface area (Å²) in [5.74, 6) is -1.02. The summed E-state index contributed by atoms with van der Waals surface area (Å²) < 4.78 is 12.5. The molecule has 3 atom stereocenters. The Morgan fingerprint density at radius 1 is 0.927 bits per heavy atom. The van der Waals surface area contributed by atoms with Crippen LogP contribution in [0.25, 0.3) is 0 Å². The molecule has 9 nitrogen and oxygen atoms in total. The minimum atomic E-state index is -0.750. The number of benzene rings is 2. The third-order valence-electron chi connectivity index (χ3n) is 8.11. The SMILES string of the molecule is COc1ccc([C@@H]2c3sc(=O)n(CC(=O)N4CCCCC4)c3S[C@@H]3C(=O)N(c4ccc(C)cc4)C(=O)[C@H]23)cc1OC. The van der Waals surface area contributed by atoms with Crippen LogP contribution in [-0.2, 0) is 20.9 Å². The van der Waals surface area contributed by atoms with Gasteiger partial charge in [-0.25, -0.2) is 4.90 Å². The number of amides is 3. The van der Waals surface area contributed by atoms with Crippen molar-refractivity contribution in [1.82, 2.24) is 9.47 Å². The van der Waals surface area contributed by atoms with Crippen LogP contribution in [0.1, 0.15) is 41.2 Å². The van der Waals surface area contributed by atoms with E-state index in [0.717, 1.165) is 41.7 Å². The zero-order valence-corrected chi connectivity index (χ0v) is 24.8. The summed E-state index contributed by atoms with van der Waals surface area (Å²) in [6, 6.07) is 12.7. The molecule has 3 aliphatic rings. The second-order valence-electron chi connectivity index (χ2n) is 10.6. The minimum absolute atomic E-state index is 0.0858. The van der Waals surface area contributed by atoms with Crippen molar-refractivity contribution in [1.29, 1.82) is 0 Å². The molecule has 2 fully saturated rings. The lowest BCUT2D eigenvalue weighted by Crippen LogP contribution is -2.39. The molecule has 0 spiro atoms. The topological polar surface area (TPSA) is 98.1 Å².